The first-order valence-electron chi connectivity index (χ1n) is 5.05. The van der Waals surface area contributed by atoms with Crippen molar-refractivity contribution in [2.75, 3.05) is 6.54 Å². The number of hydrogen-bond acceptors (Lipinski definition) is 4. The van der Waals surface area contributed by atoms with Crippen molar-refractivity contribution in [3.63, 3.8) is 0 Å². The molecule has 0 fully saturated rings. The van der Waals surface area contributed by atoms with Crippen molar-refractivity contribution >= 4 is 27.6 Å². The number of aromatic hydroxyl groups is 1. The second-order valence-corrected chi connectivity index (χ2v) is 5.67. The van der Waals surface area contributed by atoms with E-state index in [1.54, 1.807) is 6.92 Å². The zero-order valence-electron chi connectivity index (χ0n) is 9.47. The average molecular weight is 294 g/mol. The van der Waals surface area contributed by atoms with Crippen molar-refractivity contribution in [1.82, 2.24) is 4.72 Å². The number of sulfonamides is 1. The van der Waals surface area contributed by atoms with Gasteiger partial charge in [0, 0.05) is 11.6 Å². The first kappa shape index (κ1) is 14.7. The van der Waals surface area contributed by atoms with Crippen molar-refractivity contribution in [3.05, 3.63) is 22.7 Å². The molecule has 6 nitrogen and oxygen atoms in total. The van der Waals surface area contributed by atoms with E-state index in [0.717, 1.165) is 12.1 Å². The van der Waals surface area contributed by atoms with Crippen LogP contribution >= 0.6 is 11.6 Å². The SMILES string of the molecule is CCCNS(=O)(=O)c1cc(Cl)cc(C(=O)O)c1O. The maximum absolute atomic E-state index is 11.8. The number of nitrogens with one attached hydrogen (secondary N) is 1. The van der Waals surface area contributed by atoms with Crippen LogP contribution in [0, 0.1) is 0 Å². The lowest BCUT2D eigenvalue weighted by Gasteiger charge is -2.10. The molecule has 0 aliphatic rings. The van der Waals surface area contributed by atoms with E-state index in [-0.39, 0.29) is 11.6 Å². The lowest BCUT2D eigenvalue weighted by molar-refractivity contribution is 0.0693. The van der Waals surface area contributed by atoms with Crippen molar-refractivity contribution < 1.29 is 23.4 Å². The van der Waals surface area contributed by atoms with Gasteiger partial charge in [-0.1, -0.05) is 18.5 Å². The number of aromatic carboxylic acids is 1. The van der Waals surface area contributed by atoms with Crippen molar-refractivity contribution in [3.8, 4) is 5.75 Å². The van der Waals surface area contributed by atoms with E-state index in [4.69, 9.17) is 16.7 Å². The van der Waals surface area contributed by atoms with E-state index < -0.39 is 32.2 Å². The number of carboxylic acids is 1. The molecule has 0 aliphatic carbocycles. The van der Waals surface area contributed by atoms with Gasteiger partial charge in [-0.3, -0.25) is 0 Å². The Morgan fingerprint density at radius 2 is 2.06 bits per heavy atom. The first-order valence-corrected chi connectivity index (χ1v) is 6.91. The van der Waals surface area contributed by atoms with Crippen molar-refractivity contribution in [2.45, 2.75) is 18.2 Å². The van der Waals surface area contributed by atoms with Crippen LogP contribution in [0.3, 0.4) is 0 Å². The molecule has 0 unspecified atom stereocenters. The van der Waals surface area contributed by atoms with Crippen LogP contribution in [0.2, 0.25) is 5.02 Å². The van der Waals surface area contributed by atoms with Gasteiger partial charge < -0.3 is 10.2 Å². The lowest BCUT2D eigenvalue weighted by Crippen LogP contribution is -2.24. The summed E-state index contributed by atoms with van der Waals surface area (Å²) < 4.78 is 25.9. The zero-order valence-corrected chi connectivity index (χ0v) is 11.0. The second-order valence-electron chi connectivity index (χ2n) is 3.50. The van der Waals surface area contributed by atoms with Crippen LogP contribution in [0.25, 0.3) is 0 Å². The molecular formula is C10H12ClNO5S. The Kier molecular flexibility index (Phi) is 4.55. The third-order valence-electron chi connectivity index (χ3n) is 2.10. The van der Waals surface area contributed by atoms with Crippen LogP contribution in [0.1, 0.15) is 23.7 Å². The standard InChI is InChI=1S/C10H12ClNO5S/c1-2-3-12-18(16,17)8-5-6(11)4-7(9(8)13)10(14)15/h4-5,12-13H,2-3H2,1H3,(H,14,15). The Morgan fingerprint density at radius 3 is 2.56 bits per heavy atom. The molecule has 0 amide bonds. The summed E-state index contributed by atoms with van der Waals surface area (Å²) in [5.74, 6) is -2.28. The normalized spacial score (nSPS) is 11.4. The number of benzene rings is 1. The first-order chi connectivity index (χ1) is 8.29. The molecule has 0 atom stereocenters. The molecule has 0 heterocycles. The Labute approximate surface area is 109 Å². The molecular weight excluding hydrogens is 282 g/mol. The molecule has 0 bridgehead atoms. The van der Waals surface area contributed by atoms with E-state index in [0.29, 0.717) is 6.42 Å². The summed E-state index contributed by atoms with van der Waals surface area (Å²) in [5.41, 5.74) is -0.556. The summed E-state index contributed by atoms with van der Waals surface area (Å²) >= 11 is 5.64. The van der Waals surface area contributed by atoms with Crippen LogP contribution in [-0.2, 0) is 10.0 Å². The molecule has 100 valence electrons. The number of phenols is 1. The van der Waals surface area contributed by atoms with Crippen LogP contribution < -0.4 is 4.72 Å². The second kappa shape index (κ2) is 5.55. The molecule has 1 aromatic rings. The van der Waals surface area contributed by atoms with E-state index in [1.165, 1.54) is 0 Å². The van der Waals surface area contributed by atoms with E-state index in [1.807, 2.05) is 0 Å². The molecule has 1 aromatic carbocycles. The predicted octanol–water partition coefficient (Wildman–Crippen LogP) is 1.43. The van der Waals surface area contributed by atoms with Gasteiger partial charge in [-0.2, -0.15) is 0 Å². The molecule has 8 heteroatoms. The minimum absolute atomic E-state index is 0.0814. The molecule has 0 saturated carbocycles. The number of carboxylic acid groups (broad SMARTS) is 1. The van der Waals surface area contributed by atoms with Gasteiger partial charge in [-0.15, -0.1) is 0 Å². The van der Waals surface area contributed by atoms with Gasteiger partial charge in [0.05, 0.1) is 0 Å². The Bertz CT molecular complexity index is 570. The van der Waals surface area contributed by atoms with E-state index >= 15 is 0 Å². The molecule has 0 aromatic heterocycles. The maximum Gasteiger partial charge on any atom is 0.339 e. The summed E-state index contributed by atoms with van der Waals surface area (Å²) in [4.78, 5) is 10.3. The number of rotatable bonds is 5. The van der Waals surface area contributed by atoms with E-state index in [2.05, 4.69) is 4.72 Å². The third-order valence-corrected chi connectivity index (χ3v) is 3.79. The maximum atomic E-state index is 11.8. The smallest absolute Gasteiger partial charge is 0.339 e. The lowest BCUT2D eigenvalue weighted by atomic mass is 10.2. The zero-order chi connectivity index (χ0) is 13.9. The molecule has 0 aliphatic heterocycles. The highest BCUT2D eigenvalue weighted by atomic mass is 35.5. The minimum Gasteiger partial charge on any atom is -0.506 e. The highest BCUT2D eigenvalue weighted by Gasteiger charge is 2.24. The number of halogens is 1. The third kappa shape index (κ3) is 3.12. The van der Waals surface area contributed by atoms with Gasteiger partial charge in [0.1, 0.15) is 16.2 Å². The summed E-state index contributed by atoms with van der Waals surface area (Å²) in [6, 6.07) is 1.99. The fraction of sp³-hybridized carbons (Fsp3) is 0.300. The minimum atomic E-state index is -3.98. The van der Waals surface area contributed by atoms with Crippen LogP contribution in [0.15, 0.2) is 17.0 Å². The molecule has 1 rings (SSSR count). The Hall–Kier alpha value is -1.31. The Morgan fingerprint density at radius 1 is 1.44 bits per heavy atom. The van der Waals surface area contributed by atoms with E-state index in [9.17, 15) is 18.3 Å². The molecule has 0 saturated heterocycles. The summed E-state index contributed by atoms with van der Waals surface area (Å²) in [6.45, 7) is 1.94. The number of hydrogen-bond donors (Lipinski definition) is 3. The van der Waals surface area contributed by atoms with Gasteiger partial charge in [-0.25, -0.2) is 17.9 Å². The molecule has 0 radical (unpaired) electrons. The predicted molar refractivity (Wildman–Crippen MR) is 65.6 cm³/mol. The molecule has 0 spiro atoms. The van der Waals surface area contributed by atoms with Gasteiger partial charge >= 0.3 is 5.97 Å². The van der Waals surface area contributed by atoms with Gasteiger partial charge in [0.2, 0.25) is 10.0 Å². The topological polar surface area (TPSA) is 104 Å². The van der Waals surface area contributed by atoms with Crippen LogP contribution in [0.4, 0.5) is 0 Å². The average Bonchev–Trinajstić information content (AvgIpc) is 2.28. The van der Waals surface area contributed by atoms with Gasteiger partial charge in [0.25, 0.3) is 0 Å². The summed E-state index contributed by atoms with van der Waals surface area (Å²) in [6.07, 6.45) is 0.562. The van der Waals surface area contributed by atoms with Crippen LogP contribution in [0.5, 0.6) is 5.75 Å². The monoisotopic (exact) mass is 293 g/mol. The molecule has 3 N–H and O–H groups in total. The highest BCUT2D eigenvalue weighted by Crippen LogP contribution is 2.30. The van der Waals surface area contributed by atoms with Crippen molar-refractivity contribution in [1.29, 1.82) is 0 Å². The fourth-order valence-electron chi connectivity index (χ4n) is 1.26. The van der Waals surface area contributed by atoms with Gasteiger partial charge in [-0.05, 0) is 18.6 Å². The van der Waals surface area contributed by atoms with Crippen LogP contribution in [-0.4, -0.2) is 31.1 Å². The fourth-order valence-corrected chi connectivity index (χ4v) is 2.81. The molecule has 18 heavy (non-hydrogen) atoms. The quantitative estimate of drug-likeness (QED) is 0.762. The Balaban J connectivity index is 3.37. The largest absolute Gasteiger partial charge is 0.506 e. The van der Waals surface area contributed by atoms with Crippen molar-refractivity contribution in [2.24, 2.45) is 0 Å². The summed E-state index contributed by atoms with van der Waals surface area (Å²) in [5, 5.41) is 18.4. The van der Waals surface area contributed by atoms with Gasteiger partial charge in [0.15, 0.2) is 0 Å². The highest BCUT2D eigenvalue weighted by molar-refractivity contribution is 7.89. The number of carbonyl (C=O) groups is 1. The summed E-state index contributed by atoms with van der Waals surface area (Å²) in [7, 11) is -3.98.